The number of nitrogens with zero attached hydrogens (tertiary/aromatic N) is 3. The topological polar surface area (TPSA) is 70.6 Å². The number of hydrogen-bond donors (Lipinski definition) is 0. The fourth-order valence-electron chi connectivity index (χ4n) is 3.56. The van der Waals surface area contributed by atoms with Crippen molar-refractivity contribution < 1.29 is 26.4 Å². The molecule has 170 valence electrons. The van der Waals surface area contributed by atoms with E-state index in [1.54, 1.807) is 41.4 Å². The number of alkyl halides is 3. The first kappa shape index (κ1) is 24.0. The quantitative estimate of drug-likeness (QED) is 0.565. The van der Waals surface area contributed by atoms with Crippen LogP contribution >= 0.6 is 12.4 Å². The number of amides is 1. The van der Waals surface area contributed by atoms with Gasteiger partial charge in [0.2, 0.25) is 10.0 Å². The Morgan fingerprint density at radius 2 is 1.56 bits per heavy atom. The Labute approximate surface area is 189 Å². The zero-order valence-corrected chi connectivity index (χ0v) is 18.3. The lowest BCUT2D eigenvalue weighted by molar-refractivity contribution is -0.137. The maximum atomic E-state index is 13.0. The molecule has 1 amide bonds. The fraction of sp³-hybridized carbons (Fsp3) is 0.238. The third-order valence-electron chi connectivity index (χ3n) is 5.22. The van der Waals surface area contributed by atoms with E-state index in [4.69, 9.17) is 0 Å². The Bertz CT molecular complexity index is 1220. The average Bonchev–Trinajstić information content (AvgIpc) is 2.78. The smallest absolute Gasteiger partial charge is 0.336 e. The van der Waals surface area contributed by atoms with Gasteiger partial charge in [-0.25, -0.2) is 8.42 Å². The number of sulfonamides is 1. The summed E-state index contributed by atoms with van der Waals surface area (Å²) in [5.41, 5.74) is 0.271. The van der Waals surface area contributed by atoms with Crippen LogP contribution in [0.25, 0.3) is 10.9 Å². The highest BCUT2D eigenvalue weighted by molar-refractivity contribution is 7.89. The number of halogens is 4. The molecule has 2 heterocycles. The maximum absolute atomic E-state index is 13.0. The molecule has 2 aromatic carbocycles. The Morgan fingerprint density at radius 1 is 0.906 bits per heavy atom. The average molecular weight is 486 g/mol. The van der Waals surface area contributed by atoms with E-state index in [0.717, 1.165) is 29.7 Å². The molecular weight excluding hydrogens is 467 g/mol. The van der Waals surface area contributed by atoms with Crippen molar-refractivity contribution in [2.45, 2.75) is 11.1 Å². The maximum Gasteiger partial charge on any atom is 0.416 e. The second-order valence-corrected chi connectivity index (χ2v) is 9.03. The predicted octanol–water partition coefficient (Wildman–Crippen LogP) is 3.82. The van der Waals surface area contributed by atoms with E-state index in [0.29, 0.717) is 11.1 Å². The van der Waals surface area contributed by atoms with Crippen LogP contribution in [-0.4, -0.2) is 54.7 Å². The molecule has 11 heteroatoms. The highest BCUT2D eigenvalue weighted by atomic mass is 35.5. The normalized spacial score (nSPS) is 15.4. The molecular formula is C21H19ClF3N3O3S. The first-order valence-corrected chi connectivity index (χ1v) is 10.9. The summed E-state index contributed by atoms with van der Waals surface area (Å²) in [5, 5.41) is 0.717. The summed E-state index contributed by atoms with van der Waals surface area (Å²) >= 11 is 0. The van der Waals surface area contributed by atoms with Crippen LogP contribution in [0.4, 0.5) is 13.2 Å². The van der Waals surface area contributed by atoms with Gasteiger partial charge in [0.1, 0.15) is 0 Å². The number of hydrogen-bond acceptors (Lipinski definition) is 4. The number of piperazine rings is 1. The van der Waals surface area contributed by atoms with Gasteiger partial charge in [0.05, 0.1) is 16.0 Å². The van der Waals surface area contributed by atoms with E-state index < -0.39 is 21.8 Å². The molecule has 1 aromatic heterocycles. The van der Waals surface area contributed by atoms with Crippen LogP contribution in [0.5, 0.6) is 0 Å². The van der Waals surface area contributed by atoms with Crippen LogP contribution in [-0.2, 0) is 16.2 Å². The summed E-state index contributed by atoms with van der Waals surface area (Å²) in [6.45, 7) is 0.459. The van der Waals surface area contributed by atoms with E-state index in [2.05, 4.69) is 4.98 Å². The Hall–Kier alpha value is -2.69. The van der Waals surface area contributed by atoms with Gasteiger partial charge in [-0.05, 0) is 42.5 Å². The number of rotatable bonds is 3. The van der Waals surface area contributed by atoms with Gasteiger partial charge in [-0.1, -0.05) is 12.1 Å². The predicted molar refractivity (Wildman–Crippen MR) is 115 cm³/mol. The van der Waals surface area contributed by atoms with Crippen LogP contribution in [0.3, 0.4) is 0 Å². The van der Waals surface area contributed by atoms with Crippen LogP contribution in [0.2, 0.25) is 0 Å². The van der Waals surface area contributed by atoms with Gasteiger partial charge < -0.3 is 4.90 Å². The second-order valence-electron chi connectivity index (χ2n) is 7.09. The van der Waals surface area contributed by atoms with E-state index >= 15 is 0 Å². The molecule has 1 fully saturated rings. The van der Waals surface area contributed by atoms with E-state index in [9.17, 15) is 26.4 Å². The first-order chi connectivity index (χ1) is 14.7. The molecule has 0 unspecified atom stereocenters. The summed E-state index contributed by atoms with van der Waals surface area (Å²) < 4.78 is 65.0. The minimum absolute atomic E-state index is 0. The van der Waals surface area contributed by atoms with E-state index in [-0.39, 0.29) is 49.4 Å². The number of aromatic nitrogens is 1. The van der Waals surface area contributed by atoms with Gasteiger partial charge in [-0.15, -0.1) is 12.4 Å². The molecule has 0 spiro atoms. The standard InChI is InChI=1S/C21H18F3N3O3S.ClH/c22-21(23,24)15-6-8-16(9-7-15)31(29,30)27-13-11-26(12-14-27)20(28)18-3-1-5-19-17(18)4-2-10-25-19;/h1-10H,11-14H2;1H. The van der Waals surface area contributed by atoms with E-state index in [1.807, 2.05) is 0 Å². The molecule has 32 heavy (non-hydrogen) atoms. The number of carbonyl (C=O) groups excluding carboxylic acids is 1. The highest BCUT2D eigenvalue weighted by Gasteiger charge is 2.33. The summed E-state index contributed by atoms with van der Waals surface area (Å²) in [6.07, 6.45) is -2.90. The first-order valence-electron chi connectivity index (χ1n) is 9.48. The minimum Gasteiger partial charge on any atom is -0.336 e. The summed E-state index contributed by atoms with van der Waals surface area (Å²) in [7, 11) is -3.95. The van der Waals surface area contributed by atoms with Crippen molar-refractivity contribution in [2.24, 2.45) is 0 Å². The summed E-state index contributed by atoms with van der Waals surface area (Å²) in [5.74, 6) is -0.217. The van der Waals surface area contributed by atoms with Gasteiger partial charge in [0, 0.05) is 43.3 Å². The van der Waals surface area contributed by atoms with Crippen molar-refractivity contribution in [3.05, 3.63) is 71.9 Å². The molecule has 0 atom stereocenters. The lowest BCUT2D eigenvalue weighted by Crippen LogP contribution is -2.50. The SMILES string of the molecule is Cl.O=C(c1cccc2ncccc12)N1CCN(S(=O)(=O)c2ccc(C(F)(F)F)cc2)CC1. The molecule has 1 saturated heterocycles. The molecule has 6 nitrogen and oxygen atoms in total. The van der Waals surface area contributed by atoms with Gasteiger partial charge in [0.15, 0.2) is 0 Å². The third-order valence-corrected chi connectivity index (χ3v) is 7.13. The molecule has 4 rings (SSSR count). The minimum atomic E-state index is -4.54. The highest BCUT2D eigenvalue weighted by Crippen LogP contribution is 2.30. The molecule has 1 aliphatic heterocycles. The van der Waals surface area contributed by atoms with Crippen molar-refractivity contribution in [3.8, 4) is 0 Å². The lowest BCUT2D eigenvalue weighted by Gasteiger charge is -2.34. The van der Waals surface area contributed by atoms with Gasteiger partial charge in [-0.2, -0.15) is 17.5 Å². The summed E-state index contributed by atoms with van der Waals surface area (Å²) in [6, 6.07) is 12.2. The third kappa shape index (κ3) is 4.57. The Morgan fingerprint density at radius 3 is 2.19 bits per heavy atom. The lowest BCUT2D eigenvalue weighted by atomic mass is 10.1. The number of fused-ring (bicyclic) bond motifs is 1. The molecule has 0 aliphatic carbocycles. The largest absolute Gasteiger partial charge is 0.416 e. The van der Waals surface area contributed by atoms with Crippen LogP contribution < -0.4 is 0 Å². The van der Waals surface area contributed by atoms with Gasteiger partial charge in [0.25, 0.3) is 5.91 Å². The molecule has 0 saturated carbocycles. The zero-order valence-electron chi connectivity index (χ0n) is 16.6. The van der Waals surface area contributed by atoms with Crippen LogP contribution in [0.15, 0.2) is 65.7 Å². The van der Waals surface area contributed by atoms with Gasteiger partial charge >= 0.3 is 6.18 Å². The molecule has 0 bridgehead atoms. The fourth-order valence-corrected chi connectivity index (χ4v) is 4.98. The molecule has 1 aliphatic rings. The van der Waals surface area contributed by atoms with Crippen molar-refractivity contribution in [1.29, 1.82) is 0 Å². The number of benzene rings is 2. The molecule has 0 radical (unpaired) electrons. The number of carbonyl (C=O) groups is 1. The van der Waals surface area contributed by atoms with Crippen LogP contribution in [0, 0.1) is 0 Å². The van der Waals surface area contributed by atoms with Crippen molar-refractivity contribution in [1.82, 2.24) is 14.2 Å². The van der Waals surface area contributed by atoms with Crippen molar-refractivity contribution in [2.75, 3.05) is 26.2 Å². The van der Waals surface area contributed by atoms with Crippen molar-refractivity contribution in [3.63, 3.8) is 0 Å². The Balaban J connectivity index is 0.00000289. The molecule has 3 aromatic rings. The van der Waals surface area contributed by atoms with Gasteiger partial charge in [-0.3, -0.25) is 9.78 Å². The van der Waals surface area contributed by atoms with E-state index in [1.165, 1.54) is 4.31 Å². The summed E-state index contributed by atoms with van der Waals surface area (Å²) in [4.78, 5) is 18.6. The monoisotopic (exact) mass is 485 g/mol. The Kier molecular flexibility index (Phi) is 6.77. The van der Waals surface area contributed by atoms with Crippen LogP contribution in [0.1, 0.15) is 15.9 Å². The zero-order chi connectivity index (χ0) is 22.2. The van der Waals surface area contributed by atoms with Crippen molar-refractivity contribution >= 4 is 39.2 Å². The number of pyridine rings is 1. The second kappa shape index (κ2) is 9.05. The molecule has 0 N–H and O–H groups in total.